The fourth-order valence-corrected chi connectivity index (χ4v) is 2.07. The summed E-state index contributed by atoms with van der Waals surface area (Å²) in [6.45, 7) is 4.14. The van der Waals surface area contributed by atoms with Crippen LogP contribution in [0.5, 0.6) is 0 Å². The van der Waals surface area contributed by atoms with Crippen LogP contribution in [0.25, 0.3) is 17.0 Å². The first-order valence-electron chi connectivity index (χ1n) is 5.61. The number of hydrogen-bond donors (Lipinski definition) is 0. The lowest BCUT2D eigenvalue weighted by Gasteiger charge is -2.06. The number of benzene rings is 1. The van der Waals surface area contributed by atoms with E-state index in [0.717, 1.165) is 5.56 Å². The third-order valence-corrected chi connectivity index (χ3v) is 3.28. The van der Waals surface area contributed by atoms with Crippen molar-refractivity contribution in [1.82, 2.24) is 19.8 Å². The van der Waals surface area contributed by atoms with Crippen LogP contribution in [0.1, 0.15) is 11.1 Å². The minimum atomic E-state index is 0.425. The summed E-state index contributed by atoms with van der Waals surface area (Å²) in [6, 6.07) is 9.60. The zero-order valence-corrected chi connectivity index (χ0v) is 10.8. The Hall–Kier alpha value is -1.94. The van der Waals surface area contributed by atoms with Crippen molar-refractivity contribution in [3.05, 3.63) is 46.6 Å². The standard InChI is InChI=1S/C13H11ClN4/c1-8-4-3-5-10(9(8)2)13-16-15-12-7-6-11(14)17-18(12)13/h3-7H,1-2H3. The topological polar surface area (TPSA) is 43.1 Å². The second-order valence-electron chi connectivity index (χ2n) is 4.20. The lowest BCUT2D eigenvalue weighted by molar-refractivity contribution is 0.934. The monoisotopic (exact) mass is 258 g/mol. The van der Waals surface area contributed by atoms with Gasteiger partial charge in [0, 0.05) is 5.56 Å². The zero-order valence-electron chi connectivity index (χ0n) is 10.1. The molecule has 0 unspecified atom stereocenters. The number of aryl methyl sites for hydroxylation is 1. The van der Waals surface area contributed by atoms with Gasteiger partial charge in [0.05, 0.1) is 0 Å². The Labute approximate surface area is 109 Å². The Bertz CT molecular complexity index is 733. The first-order valence-corrected chi connectivity index (χ1v) is 5.99. The van der Waals surface area contributed by atoms with Crippen molar-refractivity contribution in [2.24, 2.45) is 0 Å². The normalized spacial score (nSPS) is 11.1. The first-order chi connectivity index (χ1) is 8.66. The maximum absolute atomic E-state index is 5.92. The number of nitrogens with zero attached hydrogens (tertiary/aromatic N) is 4. The van der Waals surface area contributed by atoms with Crippen molar-refractivity contribution in [3.63, 3.8) is 0 Å². The average molecular weight is 259 g/mol. The highest BCUT2D eigenvalue weighted by Gasteiger charge is 2.12. The predicted octanol–water partition coefficient (Wildman–Crippen LogP) is 3.06. The van der Waals surface area contributed by atoms with Crippen LogP contribution in [0, 0.1) is 13.8 Å². The predicted molar refractivity (Wildman–Crippen MR) is 70.7 cm³/mol. The Morgan fingerprint density at radius 1 is 1.06 bits per heavy atom. The van der Waals surface area contributed by atoms with Crippen molar-refractivity contribution in [2.75, 3.05) is 0 Å². The lowest BCUT2D eigenvalue weighted by atomic mass is 10.0. The van der Waals surface area contributed by atoms with Crippen LogP contribution in [0.15, 0.2) is 30.3 Å². The molecule has 3 aromatic rings. The van der Waals surface area contributed by atoms with Gasteiger partial charge in [0.25, 0.3) is 0 Å². The molecule has 0 saturated carbocycles. The maximum Gasteiger partial charge on any atom is 0.185 e. The average Bonchev–Trinajstić information content (AvgIpc) is 2.75. The van der Waals surface area contributed by atoms with Crippen LogP contribution in [0.2, 0.25) is 5.15 Å². The fourth-order valence-electron chi connectivity index (χ4n) is 1.93. The molecule has 1 aromatic carbocycles. The molecule has 90 valence electrons. The van der Waals surface area contributed by atoms with E-state index in [4.69, 9.17) is 11.6 Å². The smallest absolute Gasteiger partial charge is 0.185 e. The molecule has 0 saturated heterocycles. The molecule has 0 amide bonds. The summed E-state index contributed by atoms with van der Waals surface area (Å²) in [6.07, 6.45) is 0. The summed E-state index contributed by atoms with van der Waals surface area (Å²) in [5.74, 6) is 0.716. The van der Waals surface area contributed by atoms with E-state index >= 15 is 0 Å². The molecule has 3 rings (SSSR count). The van der Waals surface area contributed by atoms with Crippen LogP contribution < -0.4 is 0 Å². The third-order valence-electron chi connectivity index (χ3n) is 3.08. The molecular formula is C13H11ClN4. The van der Waals surface area contributed by atoms with Gasteiger partial charge >= 0.3 is 0 Å². The van der Waals surface area contributed by atoms with E-state index in [2.05, 4.69) is 35.2 Å². The SMILES string of the molecule is Cc1cccc(-c2nnc3ccc(Cl)nn23)c1C. The molecule has 0 fully saturated rings. The van der Waals surface area contributed by atoms with Gasteiger partial charge in [0.2, 0.25) is 0 Å². The van der Waals surface area contributed by atoms with Gasteiger partial charge < -0.3 is 0 Å². The Morgan fingerprint density at radius 3 is 2.72 bits per heavy atom. The largest absolute Gasteiger partial charge is 0.191 e. The summed E-state index contributed by atoms with van der Waals surface area (Å²) in [5.41, 5.74) is 4.10. The van der Waals surface area contributed by atoms with E-state index < -0.39 is 0 Å². The van der Waals surface area contributed by atoms with E-state index in [1.165, 1.54) is 11.1 Å². The highest BCUT2D eigenvalue weighted by Crippen LogP contribution is 2.24. The van der Waals surface area contributed by atoms with Crippen molar-refractivity contribution < 1.29 is 0 Å². The summed E-state index contributed by atoms with van der Waals surface area (Å²) in [4.78, 5) is 0. The molecule has 0 aliphatic heterocycles. The number of fused-ring (bicyclic) bond motifs is 1. The van der Waals surface area contributed by atoms with E-state index in [9.17, 15) is 0 Å². The molecule has 18 heavy (non-hydrogen) atoms. The molecule has 0 aliphatic rings. The molecule has 0 atom stereocenters. The van der Waals surface area contributed by atoms with Gasteiger partial charge in [-0.25, -0.2) is 0 Å². The van der Waals surface area contributed by atoms with Crippen LogP contribution in [-0.4, -0.2) is 19.8 Å². The van der Waals surface area contributed by atoms with E-state index in [1.807, 2.05) is 12.1 Å². The van der Waals surface area contributed by atoms with Gasteiger partial charge in [-0.15, -0.1) is 10.2 Å². The molecule has 0 radical (unpaired) electrons. The summed E-state index contributed by atoms with van der Waals surface area (Å²) >= 11 is 5.92. The van der Waals surface area contributed by atoms with Crippen molar-refractivity contribution in [1.29, 1.82) is 0 Å². The molecule has 0 bridgehead atoms. The van der Waals surface area contributed by atoms with Crippen molar-refractivity contribution in [3.8, 4) is 11.4 Å². The van der Waals surface area contributed by atoms with Gasteiger partial charge in [-0.3, -0.25) is 0 Å². The van der Waals surface area contributed by atoms with Gasteiger partial charge in [-0.1, -0.05) is 29.8 Å². The zero-order chi connectivity index (χ0) is 12.7. The molecular weight excluding hydrogens is 248 g/mol. The maximum atomic E-state index is 5.92. The Morgan fingerprint density at radius 2 is 1.89 bits per heavy atom. The molecule has 2 aromatic heterocycles. The highest BCUT2D eigenvalue weighted by atomic mass is 35.5. The van der Waals surface area contributed by atoms with Crippen molar-refractivity contribution >= 4 is 17.2 Å². The number of rotatable bonds is 1. The molecule has 2 heterocycles. The van der Waals surface area contributed by atoms with E-state index in [-0.39, 0.29) is 0 Å². The number of hydrogen-bond acceptors (Lipinski definition) is 3. The second kappa shape index (κ2) is 4.07. The summed E-state index contributed by atoms with van der Waals surface area (Å²) in [5, 5.41) is 13.0. The minimum absolute atomic E-state index is 0.425. The van der Waals surface area contributed by atoms with Crippen molar-refractivity contribution in [2.45, 2.75) is 13.8 Å². The van der Waals surface area contributed by atoms with Gasteiger partial charge in [-0.2, -0.15) is 9.61 Å². The molecule has 5 heteroatoms. The number of aromatic nitrogens is 4. The van der Waals surface area contributed by atoms with Crippen LogP contribution in [0.4, 0.5) is 0 Å². The quantitative estimate of drug-likeness (QED) is 0.674. The second-order valence-corrected chi connectivity index (χ2v) is 4.58. The van der Waals surface area contributed by atoms with Gasteiger partial charge in [-0.05, 0) is 37.1 Å². The summed E-state index contributed by atoms with van der Waals surface area (Å²) < 4.78 is 1.67. The van der Waals surface area contributed by atoms with Crippen LogP contribution >= 0.6 is 11.6 Å². The third kappa shape index (κ3) is 1.66. The molecule has 4 nitrogen and oxygen atoms in total. The molecule has 0 N–H and O–H groups in total. The van der Waals surface area contributed by atoms with E-state index in [0.29, 0.717) is 16.6 Å². The molecule has 0 aliphatic carbocycles. The van der Waals surface area contributed by atoms with E-state index in [1.54, 1.807) is 16.6 Å². The van der Waals surface area contributed by atoms with Crippen LogP contribution in [-0.2, 0) is 0 Å². The van der Waals surface area contributed by atoms with Gasteiger partial charge in [0.15, 0.2) is 11.5 Å². The Balaban J connectivity index is 2.32. The van der Waals surface area contributed by atoms with Gasteiger partial charge in [0.1, 0.15) is 5.15 Å². The Kier molecular flexibility index (Phi) is 2.52. The summed E-state index contributed by atoms with van der Waals surface area (Å²) in [7, 11) is 0. The minimum Gasteiger partial charge on any atom is -0.191 e. The van der Waals surface area contributed by atoms with Crippen LogP contribution in [0.3, 0.4) is 0 Å². The first kappa shape index (κ1) is 11.2. The lowest BCUT2D eigenvalue weighted by Crippen LogP contribution is -1.97. The highest BCUT2D eigenvalue weighted by molar-refractivity contribution is 6.29. The number of halogens is 1. The molecule has 0 spiro atoms. The fraction of sp³-hybridized carbons (Fsp3) is 0.154.